The first kappa shape index (κ1) is 18.7. The third-order valence-electron chi connectivity index (χ3n) is 0.986. The van der Waals surface area contributed by atoms with Gasteiger partial charge in [-0.15, -0.1) is 0 Å². The molecule has 0 bridgehead atoms. The standard InChI is InChI=1S/C5H9NO4.Ca.Mg.4H/c6-3(5(9)10)1-2-4(7)8;;;;;;/h3H,1-2,6H2,(H,7,8)(H,9,10);;;;;;/q;2*+2;4*-1/t3-;;;;;;/m0....../s1. The van der Waals surface area contributed by atoms with Crippen molar-refractivity contribution in [1.29, 1.82) is 0 Å². The topological polar surface area (TPSA) is 101 Å². The van der Waals surface area contributed by atoms with E-state index in [2.05, 4.69) is 0 Å². The number of nitrogens with two attached hydrogens (primary N) is 1. The summed E-state index contributed by atoms with van der Waals surface area (Å²) in [4.78, 5) is 19.9. The number of carboxylic acid groups (broad SMARTS) is 2. The van der Waals surface area contributed by atoms with Crippen LogP contribution in [-0.2, 0) is 9.59 Å². The van der Waals surface area contributed by atoms with E-state index in [4.69, 9.17) is 15.9 Å². The minimum absolute atomic E-state index is 0. The van der Waals surface area contributed by atoms with E-state index in [0.717, 1.165) is 0 Å². The van der Waals surface area contributed by atoms with Crippen LogP contribution in [0.25, 0.3) is 0 Å². The monoisotopic (exact) mass is 215 g/mol. The Hall–Kier alpha value is 0.926. The van der Waals surface area contributed by atoms with Gasteiger partial charge in [0.15, 0.2) is 0 Å². The van der Waals surface area contributed by atoms with Crippen molar-refractivity contribution in [3.05, 3.63) is 0 Å². The van der Waals surface area contributed by atoms with Gasteiger partial charge >= 0.3 is 72.7 Å². The van der Waals surface area contributed by atoms with E-state index in [-0.39, 0.29) is 79.3 Å². The van der Waals surface area contributed by atoms with Gasteiger partial charge in [0, 0.05) is 6.42 Å². The second-order valence-corrected chi connectivity index (χ2v) is 1.88. The summed E-state index contributed by atoms with van der Waals surface area (Å²) < 4.78 is 0. The van der Waals surface area contributed by atoms with Gasteiger partial charge < -0.3 is 21.7 Å². The Balaban J connectivity index is -0.0000000270. The number of aliphatic carboxylic acids is 2. The molecule has 0 aliphatic carbocycles. The molecule has 0 heterocycles. The Bertz CT molecular complexity index is 167. The van der Waals surface area contributed by atoms with Gasteiger partial charge in [-0.2, -0.15) is 0 Å². The third-order valence-corrected chi connectivity index (χ3v) is 0.986. The Morgan fingerprint density at radius 1 is 1.42 bits per heavy atom. The van der Waals surface area contributed by atoms with E-state index in [9.17, 15) is 9.59 Å². The molecule has 66 valence electrons. The van der Waals surface area contributed by atoms with Gasteiger partial charge in [-0.25, -0.2) is 0 Å². The molecular formula is C5H13CaMgNO4. The molecule has 5 nitrogen and oxygen atoms in total. The summed E-state index contributed by atoms with van der Waals surface area (Å²) in [5.41, 5.74) is 5.00. The van der Waals surface area contributed by atoms with Crippen LogP contribution < -0.4 is 5.73 Å². The number of hydrogen-bond donors (Lipinski definition) is 3. The minimum Gasteiger partial charge on any atom is -1.00 e. The number of carbonyl (C=O) groups is 2. The largest absolute Gasteiger partial charge is 2.00 e. The van der Waals surface area contributed by atoms with E-state index in [1.807, 2.05) is 0 Å². The maximum Gasteiger partial charge on any atom is 2.00 e. The molecular weight excluding hydrogens is 202 g/mol. The van der Waals surface area contributed by atoms with Crippen LogP contribution in [0.3, 0.4) is 0 Å². The first-order valence-electron chi connectivity index (χ1n) is 2.74. The molecule has 0 saturated carbocycles. The molecule has 0 aromatic rings. The molecule has 1 atom stereocenters. The quantitative estimate of drug-likeness (QED) is 0.520. The zero-order chi connectivity index (χ0) is 8.15. The van der Waals surface area contributed by atoms with Gasteiger partial charge in [-0.3, -0.25) is 9.59 Å². The van der Waals surface area contributed by atoms with Crippen molar-refractivity contribution in [3.8, 4) is 0 Å². The SMILES string of the molecule is N[C@@H](CCC(=O)O)C(=O)O.[Ca+2].[H-].[H-].[H-].[H-].[Mg+2]. The van der Waals surface area contributed by atoms with Crippen LogP contribution in [0.5, 0.6) is 0 Å². The van der Waals surface area contributed by atoms with Crippen LogP contribution >= 0.6 is 0 Å². The molecule has 0 aromatic carbocycles. The summed E-state index contributed by atoms with van der Waals surface area (Å²) in [5, 5.41) is 16.3. The molecule has 0 spiro atoms. The van der Waals surface area contributed by atoms with Crippen LogP contribution in [0.2, 0.25) is 0 Å². The normalized spacial score (nSPS) is 10.4. The van der Waals surface area contributed by atoms with Gasteiger partial charge in [0.1, 0.15) is 6.04 Å². The Kier molecular flexibility index (Phi) is 15.6. The average Bonchev–Trinajstić information content (AvgIpc) is 1.82. The maximum atomic E-state index is 9.99. The molecule has 4 N–H and O–H groups in total. The van der Waals surface area contributed by atoms with Crippen LogP contribution in [-0.4, -0.2) is 89.0 Å². The molecule has 0 aliphatic rings. The smallest absolute Gasteiger partial charge is 1.00 e. The second-order valence-electron chi connectivity index (χ2n) is 1.88. The minimum atomic E-state index is -1.17. The van der Waals surface area contributed by atoms with Gasteiger partial charge in [-0.1, -0.05) is 0 Å². The molecule has 12 heavy (non-hydrogen) atoms. The first-order chi connectivity index (χ1) is 4.54. The number of carboxylic acids is 2. The average molecular weight is 216 g/mol. The van der Waals surface area contributed by atoms with Crippen LogP contribution in [0.4, 0.5) is 0 Å². The van der Waals surface area contributed by atoms with E-state index in [1.54, 1.807) is 0 Å². The molecule has 0 saturated heterocycles. The summed E-state index contributed by atoms with van der Waals surface area (Å²) in [5.74, 6) is -2.20. The van der Waals surface area contributed by atoms with E-state index in [1.165, 1.54) is 0 Å². The molecule has 0 amide bonds. The summed E-state index contributed by atoms with van der Waals surface area (Å²) in [6, 6.07) is -1.06. The maximum absolute atomic E-state index is 9.99. The number of hydrogen-bond acceptors (Lipinski definition) is 3. The van der Waals surface area contributed by atoms with E-state index in [0.29, 0.717) is 0 Å². The fourth-order valence-corrected chi connectivity index (χ4v) is 0.402. The summed E-state index contributed by atoms with van der Waals surface area (Å²) >= 11 is 0. The van der Waals surface area contributed by atoms with Crippen molar-refractivity contribution < 1.29 is 25.5 Å². The molecule has 0 radical (unpaired) electrons. The summed E-state index contributed by atoms with van der Waals surface area (Å²) in [7, 11) is 0. The van der Waals surface area contributed by atoms with Crippen molar-refractivity contribution in [1.82, 2.24) is 0 Å². The fourth-order valence-electron chi connectivity index (χ4n) is 0.402. The van der Waals surface area contributed by atoms with Crippen LogP contribution in [0, 0.1) is 0 Å². The van der Waals surface area contributed by atoms with Crippen molar-refractivity contribution >= 4 is 72.7 Å². The fraction of sp³-hybridized carbons (Fsp3) is 0.600. The van der Waals surface area contributed by atoms with E-state index >= 15 is 0 Å². The summed E-state index contributed by atoms with van der Waals surface area (Å²) in [6.07, 6.45) is -0.224. The van der Waals surface area contributed by atoms with Crippen LogP contribution in [0.15, 0.2) is 0 Å². The molecule has 0 fully saturated rings. The third kappa shape index (κ3) is 10.9. The van der Waals surface area contributed by atoms with Gasteiger partial charge in [-0.05, 0) is 6.42 Å². The first-order valence-corrected chi connectivity index (χ1v) is 2.74. The van der Waals surface area contributed by atoms with Crippen molar-refractivity contribution in [2.24, 2.45) is 5.73 Å². The summed E-state index contributed by atoms with van der Waals surface area (Å²) in [6.45, 7) is 0. The molecule has 0 aromatic heterocycles. The molecule has 0 rings (SSSR count). The molecule has 0 unspecified atom stereocenters. The Morgan fingerprint density at radius 2 is 1.83 bits per heavy atom. The Morgan fingerprint density at radius 3 is 2.08 bits per heavy atom. The van der Waals surface area contributed by atoms with E-state index < -0.39 is 18.0 Å². The Labute approximate surface area is 122 Å². The van der Waals surface area contributed by atoms with Crippen LogP contribution in [0.1, 0.15) is 18.5 Å². The van der Waals surface area contributed by atoms with Gasteiger partial charge in [0.05, 0.1) is 0 Å². The van der Waals surface area contributed by atoms with Gasteiger partial charge in [0.25, 0.3) is 0 Å². The van der Waals surface area contributed by atoms with Crippen molar-refractivity contribution in [2.75, 3.05) is 0 Å². The zero-order valence-corrected chi connectivity index (χ0v) is 10.3. The molecule has 0 aliphatic heterocycles. The second kappa shape index (κ2) is 10.0. The predicted octanol–water partition coefficient (Wildman–Crippen LogP) is -1.05. The predicted molar refractivity (Wildman–Crippen MR) is 48.4 cm³/mol. The van der Waals surface area contributed by atoms with Gasteiger partial charge in [0.2, 0.25) is 0 Å². The molecule has 7 heteroatoms. The number of rotatable bonds is 4. The zero-order valence-electron chi connectivity index (χ0n) is 10.7. The van der Waals surface area contributed by atoms with Crippen molar-refractivity contribution in [3.63, 3.8) is 0 Å². The van der Waals surface area contributed by atoms with Crippen molar-refractivity contribution in [2.45, 2.75) is 18.9 Å².